The van der Waals surface area contributed by atoms with Gasteiger partial charge in [-0.2, -0.15) is 0 Å². The Balaban J connectivity index is 2.15. The molecular formula is C14H17NO4. The van der Waals surface area contributed by atoms with Crippen LogP contribution in [-0.2, 0) is 16.0 Å². The average Bonchev–Trinajstić information content (AvgIpc) is 2.79. The molecule has 1 unspecified atom stereocenters. The van der Waals surface area contributed by atoms with Gasteiger partial charge in [0.25, 0.3) is 0 Å². The quantitative estimate of drug-likeness (QED) is 0.776. The summed E-state index contributed by atoms with van der Waals surface area (Å²) in [4.78, 5) is 15.9. The van der Waals surface area contributed by atoms with Crippen LogP contribution in [0.15, 0.2) is 22.6 Å². The highest BCUT2D eigenvalue weighted by Crippen LogP contribution is 2.22. The minimum Gasteiger partial charge on any atom is -0.497 e. The Bertz CT molecular complexity index is 576. The van der Waals surface area contributed by atoms with Crippen molar-refractivity contribution < 1.29 is 18.7 Å². The van der Waals surface area contributed by atoms with Crippen molar-refractivity contribution >= 4 is 17.1 Å². The molecule has 0 spiro atoms. The van der Waals surface area contributed by atoms with Crippen molar-refractivity contribution in [2.45, 2.75) is 20.3 Å². The largest absolute Gasteiger partial charge is 0.497 e. The molecule has 19 heavy (non-hydrogen) atoms. The van der Waals surface area contributed by atoms with Gasteiger partial charge in [0, 0.05) is 12.5 Å². The van der Waals surface area contributed by atoms with Crippen LogP contribution in [0.4, 0.5) is 0 Å². The van der Waals surface area contributed by atoms with E-state index in [-0.39, 0.29) is 11.9 Å². The van der Waals surface area contributed by atoms with E-state index in [1.165, 1.54) is 0 Å². The number of hydrogen-bond donors (Lipinski definition) is 0. The standard InChI is InChI=1S/C14H17NO4/c1-4-18-14(16)9(2)7-13-15-11-8-10(17-3)5-6-12(11)19-13/h5-6,8-9H,4,7H2,1-3H3. The number of rotatable bonds is 5. The Labute approximate surface area is 111 Å². The number of esters is 1. The monoisotopic (exact) mass is 263 g/mol. The summed E-state index contributed by atoms with van der Waals surface area (Å²) < 4.78 is 15.7. The van der Waals surface area contributed by atoms with E-state index in [2.05, 4.69) is 4.98 Å². The van der Waals surface area contributed by atoms with E-state index in [4.69, 9.17) is 13.9 Å². The number of carbonyl (C=O) groups excluding carboxylic acids is 1. The van der Waals surface area contributed by atoms with Crippen LogP contribution in [0.3, 0.4) is 0 Å². The normalized spacial score (nSPS) is 12.4. The lowest BCUT2D eigenvalue weighted by Gasteiger charge is -2.07. The predicted octanol–water partition coefficient (Wildman–Crippen LogP) is 2.58. The van der Waals surface area contributed by atoms with E-state index in [0.717, 1.165) is 11.3 Å². The molecular weight excluding hydrogens is 246 g/mol. The van der Waals surface area contributed by atoms with Crippen molar-refractivity contribution in [3.05, 3.63) is 24.1 Å². The number of aromatic nitrogens is 1. The Kier molecular flexibility index (Phi) is 4.04. The van der Waals surface area contributed by atoms with Crippen LogP contribution in [0.5, 0.6) is 5.75 Å². The third kappa shape index (κ3) is 3.05. The molecule has 2 aromatic rings. The number of oxazole rings is 1. The van der Waals surface area contributed by atoms with E-state index in [1.807, 2.05) is 6.07 Å². The molecule has 1 aromatic carbocycles. The molecule has 1 atom stereocenters. The van der Waals surface area contributed by atoms with Gasteiger partial charge in [0.2, 0.25) is 0 Å². The second kappa shape index (κ2) is 5.73. The minimum absolute atomic E-state index is 0.234. The molecule has 1 aromatic heterocycles. The Morgan fingerprint density at radius 1 is 1.47 bits per heavy atom. The molecule has 0 aliphatic heterocycles. The first-order valence-corrected chi connectivity index (χ1v) is 6.24. The molecule has 0 bridgehead atoms. The summed E-state index contributed by atoms with van der Waals surface area (Å²) >= 11 is 0. The first-order valence-electron chi connectivity index (χ1n) is 6.24. The van der Waals surface area contributed by atoms with Gasteiger partial charge in [0.15, 0.2) is 11.5 Å². The maximum atomic E-state index is 11.6. The molecule has 0 saturated heterocycles. The maximum absolute atomic E-state index is 11.6. The van der Waals surface area contributed by atoms with E-state index in [0.29, 0.717) is 24.5 Å². The van der Waals surface area contributed by atoms with Gasteiger partial charge in [0.1, 0.15) is 11.3 Å². The lowest BCUT2D eigenvalue weighted by atomic mass is 10.1. The highest BCUT2D eigenvalue weighted by atomic mass is 16.5. The molecule has 0 fully saturated rings. The van der Waals surface area contributed by atoms with Crippen molar-refractivity contribution in [3.8, 4) is 5.75 Å². The molecule has 0 N–H and O–H groups in total. The second-order valence-electron chi connectivity index (χ2n) is 4.30. The molecule has 0 radical (unpaired) electrons. The molecule has 0 aliphatic rings. The summed E-state index contributed by atoms with van der Waals surface area (Å²) in [6.45, 7) is 3.97. The van der Waals surface area contributed by atoms with E-state index in [1.54, 1.807) is 33.1 Å². The highest BCUT2D eigenvalue weighted by molar-refractivity contribution is 5.75. The zero-order chi connectivity index (χ0) is 13.8. The van der Waals surface area contributed by atoms with Gasteiger partial charge >= 0.3 is 5.97 Å². The van der Waals surface area contributed by atoms with Crippen molar-refractivity contribution in [1.29, 1.82) is 0 Å². The number of carbonyl (C=O) groups is 1. The smallest absolute Gasteiger partial charge is 0.309 e. The fraction of sp³-hybridized carbons (Fsp3) is 0.429. The average molecular weight is 263 g/mol. The number of ether oxygens (including phenoxy) is 2. The van der Waals surface area contributed by atoms with Gasteiger partial charge in [-0.15, -0.1) is 0 Å². The summed E-state index contributed by atoms with van der Waals surface area (Å²) in [6, 6.07) is 5.42. The highest BCUT2D eigenvalue weighted by Gasteiger charge is 2.18. The summed E-state index contributed by atoms with van der Waals surface area (Å²) in [6.07, 6.45) is 0.426. The zero-order valence-corrected chi connectivity index (χ0v) is 11.3. The molecule has 5 nitrogen and oxygen atoms in total. The lowest BCUT2D eigenvalue weighted by molar-refractivity contribution is -0.147. The third-order valence-corrected chi connectivity index (χ3v) is 2.81. The lowest BCUT2D eigenvalue weighted by Crippen LogP contribution is -2.16. The molecule has 0 saturated carbocycles. The van der Waals surface area contributed by atoms with Crippen LogP contribution in [0.2, 0.25) is 0 Å². The van der Waals surface area contributed by atoms with Crippen LogP contribution < -0.4 is 4.74 Å². The maximum Gasteiger partial charge on any atom is 0.309 e. The fourth-order valence-electron chi connectivity index (χ4n) is 1.80. The minimum atomic E-state index is -0.269. The van der Waals surface area contributed by atoms with Crippen LogP contribution >= 0.6 is 0 Å². The molecule has 0 aliphatic carbocycles. The van der Waals surface area contributed by atoms with Crippen molar-refractivity contribution in [2.75, 3.05) is 13.7 Å². The summed E-state index contributed by atoms with van der Waals surface area (Å²) in [5.74, 6) is 0.756. The molecule has 0 amide bonds. The number of benzene rings is 1. The zero-order valence-electron chi connectivity index (χ0n) is 11.3. The first kappa shape index (κ1) is 13.4. The van der Waals surface area contributed by atoms with Gasteiger partial charge in [-0.05, 0) is 19.1 Å². The van der Waals surface area contributed by atoms with Crippen molar-refractivity contribution in [2.24, 2.45) is 5.92 Å². The third-order valence-electron chi connectivity index (χ3n) is 2.81. The van der Waals surface area contributed by atoms with Crippen LogP contribution in [0.1, 0.15) is 19.7 Å². The SMILES string of the molecule is CCOC(=O)C(C)Cc1nc2cc(OC)ccc2o1. The van der Waals surface area contributed by atoms with Gasteiger partial charge in [-0.1, -0.05) is 6.92 Å². The summed E-state index contributed by atoms with van der Waals surface area (Å²) in [5, 5.41) is 0. The predicted molar refractivity (Wildman–Crippen MR) is 70.1 cm³/mol. The molecule has 2 rings (SSSR count). The van der Waals surface area contributed by atoms with Crippen molar-refractivity contribution in [1.82, 2.24) is 4.98 Å². The molecule has 5 heteroatoms. The fourth-order valence-corrected chi connectivity index (χ4v) is 1.80. The Morgan fingerprint density at radius 3 is 2.95 bits per heavy atom. The number of hydrogen-bond acceptors (Lipinski definition) is 5. The number of nitrogens with zero attached hydrogens (tertiary/aromatic N) is 1. The summed E-state index contributed by atoms with van der Waals surface area (Å²) in [7, 11) is 1.60. The number of fused-ring (bicyclic) bond motifs is 1. The Morgan fingerprint density at radius 2 is 2.26 bits per heavy atom. The molecule has 102 valence electrons. The van der Waals surface area contributed by atoms with Gasteiger partial charge in [-0.3, -0.25) is 4.79 Å². The van der Waals surface area contributed by atoms with E-state index in [9.17, 15) is 4.79 Å². The van der Waals surface area contributed by atoms with Crippen LogP contribution in [0.25, 0.3) is 11.1 Å². The van der Waals surface area contributed by atoms with Crippen LogP contribution in [0, 0.1) is 5.92 Å². The summed E-state index contributed by atoms with van der Waals surface area (Å²) in [5.41, 5.74) is 1.41. The van der Waals surface area contributed by atoms with E-state index >= 15 is 0 Å². The van der Waals surface area contributed by atoms with Gasteiger partial charge < -0.3 is 13.9 Å². The second-order valence-corrected chi connectivity index (χ2v) is 4.30. The van der Waals surface area contributed by atoms with Crippen molar-refractivity contribution in [3.63, 3.8) is 0 Å². The first-order chi connectivity index (χ1) is 9.13. The Hall–Kier alpha value is -2.04. The van der Waals surface area contributed by atoms with Crippen LogP contribution in [-0.4, -0.2) is 24.7 Å². The topological polar surface area (TPSA) is 61.6 Å². The van der Waals surface area contributed by atoms with Gasteiger partial charge in [-0.25, -0.2) is 4.98 Å². The molecule has 1 heterocycles. The van der Waals surface area contributed by atoms with Gasteiger partial charge in [0.05, 0.1) is 19.6 Å². The number of methoxy groups -OCH3 is 1. The van der Waals surface area contributed by atoms with E-state index < -0.39 is 0 Å².